The van der Waals surface area contributed by atoms with Crippen molar-refractivity contribution in [2.75, 3.05) is 6.61 Å². The molecule has 0 amide bonds. The fourth-order valence-corrected chi connectivity index (χ4v) is 2.06. The molecule has 1 unspecified atom stereocenters. The van der Waals surface area contributed by atoms with E-state index in [0.29, 0.717) is 5.92 Å². The van der Waals surface area contributed by atoms with Gasteiger partial charge in [0.1, 0.15) is 5.75 Å². The summed E-state index contributed by atoms with van der Waals surface area (Å²) in [5, 5.41) is 9.69. The molecule has 2 rings (SSSR count). The van der Waals surface area contributed by atoms with Crippen molar-refractivity contribution in [2.24, 2.45) is 5.92 Å². The molecule has 0 saturated heterocycles. The SMILES string of the molecule is OC(CCCCCOc1ccccc1)C1CC1. The van der Waals surface area contributed by atoms with Crippen molar-refractivity contribution in [3.05, 3.63) is 30.3 Å². The predicted molar refractivity (Wildman–Crippen MR) is 69.1 cm³/mol. The minimum atomic E-state index is -0.0370. The molecule has 1 aliphatic rings. The topological polar surface area (TPSA) is 29.5 Å². The van der Waals surface area contributed by atoms with Gasteiger partial charge in [0.15, 0.2) is 0 Å². The molecule has 1 aromatic rings. The second kappa shape index (κ2) is 6.65. The Kier molecular flexibility index (Phi) is 4.87. The Bertz CT molecular complexity index is 306. The maximum atomic E-state index is 9.69. The minimum absolute atomic E-state index is 0.0370. The van der Waals surface area contributed by atoms with Crippen LogP contribution in [0.1, 0.15) is 38.5 Å². The van der Waals surface area contributed by atoms with E-state index in [4.69, 9.17) is 4.74 Å². The number of aliphatic hydroxyl groups is 1. The van der Waals surface area contributed by atoms with Crippen molar-refractivity contribution in [2.45, 2.75) is 44.6 Å². The highest BCUT2D eigenvalue weighted by Gasteiger charge is 2.28. The Morgan fingerprint density at radius 1 is 1.12 bits per heavy atom. The number of para-hydroxylation sites is 1. The highest BCUT2D eigenvalue weighted by atomic mass is 16.5. The summed E-state index contributed by atoms with van der Waals surface area (Å²) in [7, 11) is 0. The molecule has 94 valence electrons. The summed E-state index contributed by atoms with van der Waals surface area (Å²) < 4.78 is 5.61. The van der Waals surface area contributed by atoms with E-state index in [0.717, 1.165) is 38.0 Å². The standard InChI is InChI=1S/C15H22O2/c16-15(13-10-11-13)9-5-2-6-12-17-14-7-3-1-4-8-14/h1,3-4,7-8,13,15-16H,2,5-6,9-12H2. The van der Waals surface area contributed by atoms with Crippen LogP contribution in [-0.4, -0.2) is 17.8 Å². The van der Waals surface area contributed by atoms with Gasteiger partial charge in [0.25, 0.3) is 0 Å². The summed E-state index contributed by atoms with van der Waals surface area (Å²) in [4.78, 5) is 0. The van der Waals surface area contributed by atoms with Crippen LogP contribution in [0.3, 0.4) is 0 Å². The van der Waals surface area contributed by atoms with E-state index in [1.807, 2.05) is 30.3 Å². The van der Waals surface area contributed by atoms with Crippen LogP contribution in [0.4, 0.5) is 0 Å². The predicted octanol–water partition coefficient (Wildman–Crippen LogP) is 3.40. The molecule has 0 heterocycles. The maximum absolute atomic E-state index is 9.69. The van der Waals surface area contributed by atoms with E-state index in [1.165, 1.54) is 12.8 Å². The lowest BCUT2D eigenvalue weighted by Crippen LogP contribution is -2.08. The Labute approximate surface area is 104 Å². The molecular formula is C15H22O2. The summed E-state index contributed by atoms with van der Waals surface area (Å²) in [5.41, 5.74) is 0. The van der Waals surface area contributed by atoms with Gasteiger partial charge in [0.05, 0.1) is 12.7 Å². The average Bonchev–Trinajstić information content (AvgIpc) is 3.19. The van der Waals surface area contributed by atoms with Crippen LogP contribution in [0.15, 0.2) is 30.3 Å². The zero-order valence-electron chi connectivity index (χ0n) is 10.3. The number of unbranched alkanes of at least 4 members (excludes halogenated alkanes) is 2. The molecular weight excluding hydrogens is 212 g/mol. The number of aliphatic hydroxyl groups excluding tert-OH is 1. The molecule has 2 heteroatoms. The molecule has 2 nitrogen and oxygen atoms in total. The van der Waals surface area contributed by atoms with E-state index >= 15 is 0 Å². The first-order chi connectivity index (χ1) is 8.36. The first kappa shape index (κ1) is 12.4. The third-order valence-electron chi connectivity index (χ3n) is 3.32. The van der Waals surface area contributed by atoms with Crippen molar-refractivity contribution in [1.82, 2.24) is 0 Å². The van der Waals surface area contributed by atoms with Crippen LogP contribution in [0.25, 0.3) is 0 Å². The van der Waals surface area contributed by atoms with Gasteiger partial charge in [-0.1, -0.05) is 24.6 Å². The monoisotopic (exact) mass is 234 g/mol. The Hall–Kier alpha value is -1.02. The number of benzene rings is 1. The summed E-state index contributed by atoms with van der Waals surface area (Å²) in [6.07, 6.45) is 6.75. The molecule has 0 aliphatic heterocycles. The summed E-state index contributed by atoms with van der Waals surface area (Å²) in [6.45, 7) is 0.781. The molecule has 0 radical (unpaired) electrons. The summed E-state index contributed by atoms with van der Waals surface area (Å²) in [6, 6.07) is 9.93. The van der Waals surface area contributed by atoms with Crippen LogP contribution in [0, 0.1) is 5.92 Å². The molecule has 1 N–H and O–H groups in total. The quantitative estimate of drug-likeness (QED) is 0.699. The smallest absolute Gasteiger partial charge is 0.119 e. The van der Waals surface area contributed by atoms with Crippen LogP contribution >= 0.6 is 0 Å². The molecule has 0 aromatic heterocycles. The largest absolute Gasteiger partial charge is 0.494 e. The van der Waals surface area contributed by atoms with E-state index in [2.05, 4.69) is 0 Å². The zero-order valence-corrected chi connectivity index (χ0v) is 10.3. The first-order valence-electron chi connectivity index (χ1n) is 6.72. The summed E-state index contributed by atoms with van der Waals surface area (Å²) >= 11 is 0. The van der Waals surface area contributed by atoms with Gasteiger partial charge in [-0.25, -0.2) is 0 Å². The molecule has 1 saturated carbocycles. The number of hydrogen-bond acceptors (Lipinski definition) is 2. The number of rotatable bonds is 8. The van der Waals surface area contributed by atoms with Crippen molar-refractivity contribution in [3.63, 3.8) is 0 Å². The molecule has 1 aliphatic carbocycles. The van der Waals surface area contributed by atoms with Gasteiger partial charge < -0.3 is 9.84 Å². The zero-order chi connectivity index (χ0) is 11.9. The van der Waals surface area contributed by atoms with E-state index in [1.54, 1.807) is 0 Å². The van der Waals surface area contributed by atoms with Crippen LogP contribution in [-0.2, 0) is 0 Å². The lowest BCUT2D eigenvalue weighted by atomic mass is 10.1. The lowest BCUT2D eigenvalue weighted by Gasteiger charge is -2.09. The highest BCUT2D eigenvalue weighted by Crippen LogP contribution is 2.34. The van der Waals surface area contributed by atoms with Crippen LogP contribution < -0.4 is 4.74 Å². The third-order valence-corrected chi connectivity index (χ3v) is 3.32. The Balaban J connectivity index is 1.46. The van der Waals surface area contributed by atoms with Crippen molar-refractivity contribution < 1.29 is 9.84 Å². The fraction of sp³-hybridized carbons (Fsp3) is 0.600. The van der Waals surface area contributed by atoms with Gasteiger partial charge in [-0.15, -0.1) is 0 Å². The van der Waals surface area contributed by atoms with Crippen molar-refractivity contribution >= 4 is 0 Å². The third kappa shape index (κ3) is 4.78. The van der Waals surface area contributed by atoms with Crippen LogP contribution in [0.2, 0.25) is 0 Å². The van der Waals surface area contributed by atoms with Gasteiger partial charge in [0.2, 0.25) is 0 Å². The van der Waals surface area contributed by atoms with Crippen molar-refractivity contribution in [3.8, 4) is 5.75 Å². The Morgan fingerprint density at radius 3 is 2.59 bits per heavy atom. The van der Waals surface area contributed by atoms with E-state index in [-0.39, 0.29) is 6.10 Å². The second-order valence-electron chi connectivity index (χ2n) is 4.92. The Morgan fingerprint density at radius 2 is 1.88 bits per heavy atom. The molecule has 1 atom stereocenters. The lowest BCUT2D eigenvalue weighted by molar-refractivity contribution is 0.137. The number of hydrogen-bond donors (Lipinski definition) is 1. The molecule has 0 bridgehead atoms. The van der Waals surface area contributed by atoms with Gasteiger partial charge in [-0.3, -0.25) is 0 Å². The minimum Gasteiger partial charge on any atom is -0.494 e. The van der Waals surface area contributed by atoms with Crippen LogP contribution in [0.5, 0.6) is 5.75 Å². The molecule has 17 heavy (non-hydrogen) atoms. The molecule has 0 spiro atoms. The maximum Gasteiger partial charge on any atom is 0.119 e. The van der Waals surface area contributed by atoms with E-state index < -0.39 is 0 Å². The average molecular weight is 234 g/mol. The molecule has 1 aromatic carbocycles. The van der Waals surface area contributed by atoms with Gasteiger partial charge in [0, 0.05) is 0 Å². The fourth-order valence-electron chi connectivity index (χ4n) is 2.06. The second-order valence-corrected chi connectivity index (χ2v) is 4.92. The van der Waals surface area contributed by atoms with E-state index in [9.17, 15) is 5.11 Å². The first-order valence-corrected chi connectivity index (χ1v) is 6.72. The highest BCUT2D eigenvalue weighted by molar-refractivity contribution is 5.20. The van der Waals surface area contributed by atoms with Crippen molar-refractivity contribution in [1.29, 1.82) is 0 Å². The normalized spacial score (nSPS) is 16.8. The van der Waals surface area contributed by atoms with Gasteiger partial charge in [-0.2, -0.15) is 0 Å². The van der Waals surface area contributed by atoms with Gasteiger partial charge >= 0.3 is 0 Å². The summed E-state index contributed by atoms with van der Waals surface area (Å²) in [5.74, 6) is 1.57. The van der Waals surface area contributed by atoms with Gasteiger partial charge in [-0.05, 0) is 50.2 Å². The number of ether oxygens (including phenoxy) is 1. The molecule has 1 fully saturated rings.